The summed E-state index contributed by atoms with van der Waals surface area (Å²) in [6, 6.07) is 4.74. The van der Waals surface area contributed by atoms with Crippen molar-refractivity contribution in [2.75, 3.05) is 11.4 Å². The molecule has 0 heterocycles. The minimum atomic E-state index is -2.64. The van der Waals surface area contributed by atoms with Gasteiger partial charge in [0, 0.05) is 32.7 Å². The maximum Gasteiger partial charge on any atom is 0.253 e. The van der Waals surface area contributed by atoms with E-state index in [4.69, 9.17) is 0 Å². The van der Waals surface area contributed by atoms with Crippen LogP contribution in [0.3, 0.4) is 0 Å². The molecule has 0 atom stereocenters. The van der Waals surface area contributed by atoms with Gasteiger partial charge in [0.05, 0.1) is 13.0 Å². The van der Waals surface area contributed by atoms with Crippen molar-refractivity contribution in [3.8, 4) is 0 Å². The van der Waals surface area contributed by atoms with Crippen LogP contribution in [0.15, 0.2) is 18.2 Å². The Balaban J connectivity index is 0.00000361. The summed E-state index contributed by atoms with van der Waals surface area (Å²) < 4.78 is 38.0. The first-order chi connectivity index (χ1) is 8.93. The summed E-state index contributed by atoms with van der Waals surface area (Å²) in [6.07, 6.45) is -1.19. The van der Waals surface area contributed by atoms with Gasteiger partial charge in [-0.3, -0.25) is 0 Å². The van der Waals surface area contributed by atoms with E-state index in [-0.39, 0.29) is 38.4 Å². The number of nitrogens with one attached hydrogen (secondary N) is 1. The van der Waals surface area contributed by atoms with Crippen LogP contribution in [0.4, 0.5) is 14.5 Å². The van der Waals surface area contributed by atoms with Crippen molar-refractivity contribution in [1.82, 2.24) is 4.72 Å². The molecule has 8 heteroatoms. The summed E-state index contributed by atoms with van der Waals surface area (Å²) in [4.78, 5) is 11.5. The monoisotopic (exact) mass is 376 g/mol. The summed E-state index contributed by atoms with van der Waals surface area (Å²) in [6.45, 7) is 3.27. The van der Waals surface area contributed by atoms with Gasteiger partial charge >= 0.3 is 0 Å². The zero-order chi connectivity index (χ0) is 14.4. The Morgan fingerprint density at radius 2 is 2.15 bits per heavy atom. The van der Waals surface area contributed by atoms with Gasteiger partial charge in [-0.05, 0) is 6.54 Å². The molecule has 1 amide bonds. The van der Waals surface area contributed by atoms with Crippen LogP contribution in [0, 0.1) is 6.92 Å². The molecule has 4 nitrogen and oxygen atoms in total. The van der Waals surface area contributed by atoms with Crippen molar-refractivity contribution >= 4 is 28.5 Å². The van der Waals surface area contributed by atoms with E-state index >= 15 is 0 Å². The molecule has 109 valence electrons. The molecule has 1 aromatic rings. The smallest absolute Gasteiger partial charge is 0.253 e. The average Bonchev–Trinajstić information content (AvgIpc) is 2.33. The van der Waals surface area contributed by atoms with E-state index < -0.39 is 23.5 Å². The van der Waals surface area contributed by atoms with E-state index in [9.17, 15) is 17.8 Å². The van der Waals surface area contributed by atoms with Crippen molar-refractivity contribution in [3.05, 3.63) is 36.2 Å². The number of benzene rings is 1. The third kappa shape index (κ3) is 6.30. The molecular formula is C12H13F2N2O2SY-3. The van der Waals surface area contributed by atoms with Crippen molar-refractivity contribution in [3.63, 3.8) is 0 Å². The predicted molar refractivity (Wildman–Crippen MR) is 72.0 cm³/mol. The summed E-state index contributed by atoms with van der Waals surface area (Å²) >= 11 is 0. The number of amides is 1. The summed E-state index contributed by atoms with van der Waals surface area (Å²) in [5.74, 6) is 3.27. The fourth-order valence-electron chi connectivity index (χ4n) is 1.50. The first kappa shape index (κ1) is 19.5. The largest absolute Gasteiger partial charge is 0.448 e. The Morgan fingerprint density at radius 3 is 2.60 bits per heavy atom. The van der Waals surface area contributed by atoms with Crippen LogP contribution in [-0.4, -0.2) is 25.3 Å². The first-order valence-electron chi connectivity index (χ1n) is 5.27. The number of nitrogens with zero attached hydrogens (tertiary/aromatic N) is 1. The Labute approximate surface area is 144 Å². The quantitative estimate of drug-likeness (QED) is 0.339. The standard InChI is InChI=1S/C12H13F2N2O2S.Y/c1-9-5-10(6-15-19(2)18)3-4-11(9)16(8-17)7-12(13)14;/h3-5,12H,1-2,6-7H2,(H,15,18);/q-3;. The Hall–Kier alpha value is -0.496. The third-order valence-electron chi connectivity index (χ3n) is 2.30. The fourth-order valence-corrected chi connectivity index (χ4v) is 1.83. The van der Waals surface area contributed by atoms with Gasteiger partial charge in [-0.15, -0.1) is 0 Å². The van der Waals surface area contributed by atoms with Crippen LogP contribution < -0.4 is 9.62 Å². The minimum absolute atomic E-state index is 0. The van der Waals surface area contributed by atoms with Crippen molar-refractivity contribution in [1.29, 1.82) is 0 Å². The first-order valence-corrected chi connectivity index (χ1v) is 6.59. The number of anilines is 1. The van der Waals surface area contributed by atoms with Gasteiger partial charge in [-0.2, -0.15) is 24.4 Å². The van der Waals surface area contributed by atoms with Crippen LogP contribution in [0.1, 0.15) is 11.1 Å². The van der Waals surface area contributed by atoms with E-state index in [2.05, 4.69) is 17.5 Å². The number of halogens is 2. The van der Waals surface area contributed by atoms with Crippen molar-refractivity contribution < 1.29 is 50.5 Å². The van der Waals surface area contributed by atoms with Gasteiger partial charge in [-0.1, -0.05) is 23.4 Å². The number of carbonyl (C=O) groups excluding carboxylic acids is 1. The molecule has 0 aromatic heterocycles. The van der Waals surface area contributed by atoms with Crippen LogP contribution in [0.5, 0.6) is 0 Å². The van der Waals surface area contributed by atoms with Crippen molar-refractivity contribution in [2.45, 2.75) is 13.0 Å². The van der Waals surface area contributed by atoms with E-state index in [0.29, 0.717) is 12.1 Å². The fraction of sp³-hybridized carbons (Fsp3) is 0.250. The minimum Gasteiger partial charge on any atom is -0.448 e. The average molecular weight is 376 g/mol. The topological polar surface area (TPSA) is 49.4 Å². The molecule has 0 aliphatic heterocycles. The third-order valence-corrected chi connectivity index (χ3v) is 2.77. The van der Waals surface area contributed by atoms with Crippen LogP contribution in [0.25, 0.3) is 0 Å². The number of rotatable bonds is 7. The number of alkyl halides is 2. The SMILES string of the molecule is C=[S-](=O)NCc1ccc(N([C-]=O)CC(F)F)c([CH2-])c1.[Y]. The molecule has 1 aromatic carbocycles. The molecule has 0 aliphatic carbocycles. The summed E-state index contributed by atoms with van der Waals surface area (Å²) in [7, 11) is -1.39. The van der Waals surface area contributed by atoms with Gasteiger partial charge in [0.1, 0.15) is 0 Å². The molecule has 0 saturated heterocycles. The number of hydrogen-bond acceptors (Lipinski definition) is 3. The van der Waals surface area contributed by atoms with Gasteiger partial charge in [0.15, 0.2) is 0 Å². The molecular weight excluding hydrogens is 363 g/mol. The molecule has 1 radical (unpaired) electrons. The van der Waals surface area contributed by atoms with Gasteiger partial charge < -0.3 is 18.6 Å². The maximum absolute atomic E-state index is 12.3. The van der Waals surface area contributed by atoms with Crippen molar-refractivity contribution in [2.24, 2.45) is 0 Å². The normalized spacial score (nSPS) is 10.4. The van der Waals surface area contributed by atoms with Crippen LogP contribution >= 0.6 is 0 Å². The maximum atomic E-state index is 12.3. The molecule has 0 fully saturated rings. The van der Waals surface area contributed by atoms with Gasteiger partial charge in [0.2, 0.25) is 0 Å². The number of hydrogen-bond donors (Lipinski definition) is 1. The van der Waals surface area contributed by atoms with E-state index in [0.717, 1.165) is 10.5 Å². The van der Waals surface area contributed by atoms with E-state index in [1.165, 1.54) is 12.5 Å². The molecule has 1 rings (SSSR count). The molecule has 20 heavy (non-hydrogen) atoms. The zero-order valence-electron chi connectivity index (χ0n) is 10.6. The van der Waals surface area contributed by atoms with E-state index in [1.807, 2.05) is 0 Å². The van der Waals surface area contributed by atoms with Crippen LogP contribution in [-0.2, 0) is 58.8 Å². The van der Waals surface area contributed by atoms with Gasteiger partial charge in [0.25, 0.3) is 6.43 Å². The Bertz CT molecular complexity index is 516. The Kier molecular flexibility index (Phi) is 9.21. The van der Waals surface area contributed by atoms with Crippen LogP contribution in [0.2, 0.25) is 0 Å². The molecule has 0 saturated carbocycles. The molecule has 1 N–H and O–H groups in total. The summed E-state index contributed by atoms with van der Waals surface area (Å²) in [5.41, 5.74) is 1.45. The zero-order valence-corrected chi connectivity index (χ0v) is 14.3. The van der Waals surface area contributed by atoms with Gasteiger partial charge in [-0.25, -0.2) is 19.4 Å². The Morgan fingerprint density at radius 1 is 1.50 bits per heavy atom. The van der Waals surface area contributed by atoms with E-state index in [1.54, 1.807) is 12.1 Å². The summed E-state index contributed by atoms with van der Waals surface area (Å²) in [5, 5.41) is 0. The molecule has 0 bridgehead atoms. The molecule has 0 spiro atoms. The second-order valence-electron chi connectivity index (χ2n) is 3.72. The molecule has 0 aliphatic rings. The second kappa shape index (κ2) is 9.44. The molecule has 0 unspecified atom stereocenters. The predicted octanol–water partition coefficient (Wildman–Crippen LogP) is 1.41. The second-order valence-corrected chi connectivity index (χ2v) is 4.70.